The number of aromatic nitrogens is 2. The van der Waals surface area contributed by atoms with Gasteiger partial charge in [-0.25, -0.2) is 4.98 Å². The molecule has 1 fully saturated rings. The minimum Gasteiger partial charge on any atom is -0.332 e. The van der Waals surface area contributed by atoms with Gasteiger partial charge in [0, 0.05) is 24.9 Å². The first-order valence-electron chi connectivity index (χ1n) is 6.03. The second-order valence-corrected chi connectivity index (χ2v) is 4.46. The molecular weight excluding hydrogens is 202 g/mol. The number of ketones is 1. The standard InChI is InChI=1S/C12H19N3O/c1-3-5-11(16)10-6-4-7-15(10)12-13-8-9(2)14-12/h8,10H,3-7H2,1-2H3,(H,13,14). The maximum atomic E-state index is 12.0. The van der Waals surface area contributed by atoms with Gasteiger partial charge >= 0.3 is 0 Å². The van der Waals surface area contributed by atoms with Crippen molar-refractivity contribution in [2.75, 3.05) is 11.4 Å². The molecule has 0 aliphatic carbocycles. The molecule has 1 atom stereocenters. The maximum Gasteiger partial charge on any atom is 0.203 e. The first-order chi connectivity index (χ1) is 7.72. The molecule has 0 radical (unpaired) electrons. The van der Waals surface area contributed by atoms with Crippen molar-refractivity contribution in [3.63, 3.8) is 0 Å². The van der Waals surface area contributed by atoms with Gasteiger partial charge < -0.3 is 9.88 Å². The zero-order valence-corrected chi connectivity index (χ0v) is 9.99. The number of hydrogen-bond donors (Lipinski definition) is 1. The van der Waals surface area contributed by atoms with Crippen LogP contribution in [0.1, 0.15) is 38.3 Å². The van der Waals surface area contributed by atoms with E-state index in [0.717, 1.165) is 37.4 Å². The molecule has 88 valence electrons. The smallest absolute Gasteiger partial charge is 0.203 e. The van der Waals surface area contributed by atoms with Crippen molar-refractivity contribution >= 4 is 11.7 Å². The molecule has 2 rings (SSSR count). The number of carbonyl (C=O) groups excluding carboxylic acids is 1. The van der Waals surface area contributed by atoms with Crippen LogP contribution in [0.2, 0.25) is 0 Å². The van der Waals surface area contributed by atoms with Crippen LogP contribution in [0, 0.1) is 6.92 Å². The van der Waals surface area contributed by atoms with Gasteiger partial charge in [0.15, 0.2) is 5.78 Å². The Morgan fingerprint density at radius 1 is 1.69 bits per heavy atom. The Kier molecular flexibility index (Phi) is 3.27. The number of aryl methyl sites for hydroxylation is 1. The van der Waals surface area contributed by atoms with Crippen LogP contribution < -0.4 is 4.90 Å². The van der Waals surface area contributed by atoms with Gasteiger partial charge in [0.25, 0.3) is 0 Å². The molecule has 0 amide bonds. The average molecular weight is 221 g/mol. The molecule has 1 aromatic rings. The summed E-state index contributed by atoms with van der Waals surface area (Å²) in [5, 5.41) is 0. The molecule has 1 aliphatic rings. The molecule has 4 nitrogen and oxygen atoms in total. The normalized spacial score (nSPS) is 20.4. The predicted octanol–water partition coefficient (Wildman–Crippen LogP) is 2.06. The lowest BCUT2D eigenvalue weighted by molar-refractivity contribution is -0.120. The van der Waals surface area contributed by atoms with E-state index in [2.05, 4.69) is 14.9 Å². The van der Waals surface area contributed by atoms with Crippen molar-refractivity contribution < 1.29 is 4.79 Å². The van der Waals surface area contributed by atoms with E-state index in [1.165, 1.54) is 0 Å². The van der Waals surface area contributed by atoms with Gasteiger partial charge in [0.05, 0.1) is 6.04 Å². The summed E-state index contributed by atoms with van der Waals surface area (Å²) in [5.74, 6) is 1.21. The molecule has 0 bridgehead atoms. The third-order valence-corrected chi connectivity index (χ3v) is 3.08. The zero-order valence-electron chi connectivity index (χ0n) is 9.99. The monoisotopic (exact) mass is 221 g/mol. The third kappa shape index (κ3) is 2.10. The first-order valence-corrected chi connectivity index (χ1v) is 6.03. The van der Waals surface area contributed by atoms with Gasteiger partial charge in [-0.3, -0.25) is 4.79 Å². The van der Waals surface area contributed by atoms with E-state index in [9.17, 15) is 4.79 Å². The molecular formula is C12H19N3O. The zero-order chi connectivity index (χ0) is 11.5. The van der Waals surface area contributed by atoms with Crippen LogP contribution in [0.4, 0.5) is 5.95 Å². The Balaban J connectivity index is 2.11. The molecule has 1 aromatic heterocycles. The van der Waals surface area contributed by atoms with E-state index >= 15 is 0 Å². The summed E-state index contributed by atoms with van der Waals surface area (Å²) in [6, 6.07) is 0.0468. The summed E-state index contributed by atoms with van der Waals surface area (Å²) >= 11 is 0. The quantitative estimate of drug-likeness (QED) is 0.846. The lowest BCUT2D eigenvalue weighted by Crippen LogP contribution is -2.36. The van der Waals surface area contributed by atoms with Crippen molar-refractivity contribution in [3.05, 3.63) is 11.9 Å². The number of anilines is 1. The highest BCUT2D eigenvalue weighted by Gasteiger charge is 2.31. The Labute approximate surface area is 96.1 Å². The third-order valence-electron chi connectivity index (χ3n) is 3.08. The van der Waals surface area contributed by atoms with Crippen molar-refractivity contribution in [2.45, 2.75) is 45.6 Å². The topological polar surface area (TPSA) is 49.0 Å². The van der Waals surface area contributed by atoms with Crippen LogP contribution in [0.15, 0.2) is 6.20 Å². The van der Waals surface area contributed by atoms with Gasteiger partial charge in [-0.1, -0.05) is 6.92 Å². The highest BCUT2D eigenvalue weighted by Crippen LogP contribution is 2.24. The fourth-order valence-electron chi connectivity index (χ4n) is 2.31. The van der Waals surface area contributed by atoms with Gasteiger partial charge in [-0.15, -0.1) is 0 Å². The number of hydrogen-bond acceptors (Lipinski definition) is 3. The first kappa shape index (κ1) is 11.2. The van der Waals surface area contributed by atoms with Crippen LogP contribution in [0.5, 0.6) is 0 Å². The second kappa shape index (κ2) is 4.68. The van der Waals surface area contributed by atoms with Gasteiger partial charge in [0.2, 0.25) is 5.95 Å². The van der Waals surface area contributed by atoms with Gasteiger partial charge in [-0.05, 0) is 26.2 Å². The number of aromatic amines is 1. The SMILES string of the molecule is CCCC(=O)C1CCCN1c1ncc(C)[nH]1. The number of H-pyrrole nitrogens is 1. The summed E-state index contributed by atoms with van der Waals surface area (Å²) in [6.07, 6.45) is 5.48. The fraction of sp³-hybridized carbons (Fsp3) is 0.667. The van der Waals surface area contributed by atoms with E-state index in [1.54, 1.807) is 0 Å². The molecule has 16 heavy (non-hydrogen) atoms. The minimum atomic E-state index is 0.0468. The number of carbonyl (C=O) groups is 1. The molecule has 0 spiro atoms. The minimum absolute atomic E-state index is 0.0468. The van der Waals surface area contributed by atoms with Crippen LogP contribution >= 0.6 is 0 Å². The Hall–Kier alpha value is -1.32. The summed E-state index contributed by atoms with van der Waals surface area (Å²) in [7, 11) is 0. The summed E-state index contributed by atoms with van der Waals surface area (Å²) < 4.78 is 0. The van der Waals surface area contributed by atoms with E-state index < -0.39 is 0 Å². The number of Topliss-reactive ketones (excluding diaryl/α,β-unsaturated/α-hetero) is 1. The number of rotatable bonds is 4. The summed E-state index contributed by atoms with van der Waals surface area (Å²) in [4.78, 5) is 21.6. The number of nitrogens with zero attached hydrogens (tertiary/aromatic N) is 2. The molecule has 1 saturated heterocycles. The molecule has 0 aromatic carbocycles. The van der Waals surface area contributed by atoms with Crippen molar-refractivity contribution in [1.29, 1.82) is 0 Å². The van der Waals surface area contributed by atoms with E-state index in [1.807, 2.05) is 20.0 Å². The molecule has 1 N–H and O–H groups in total. The lowest BCUT2D eigenvalue weighted by atomic mass is 10.1. The number of nitrogens with one attached hydrogen (secondary N) is 1. The maximum absolute atomic E-state index is 12.0. The van der Waals surface area contributed by atoms with Gasteiger partial charge in [-0.2, -0.15) is 0 Å². The highest BCUT2D eigenvalue weighted by molar-refractivity contribution is 5.87. The Bertz CT molecular complexity index is 372. The molecule has 2 heterocycles. The lowest BCUT2D eigenvalue weighted by Gasteiger charge is -2.22. The van der Waals surface area contributed by atoms with Crippen LogP contribution in [-0.2, 0) is 4.79 Å². The largest absolute Gasteiger partial charge is 0.332 e. The van der Waals surface area contributed by atoms with Crippen LogP contribution in [-0.4, -0.2) is 28.3 Å². The molecule has 4 heteroatoms. The average Bonchev–Trinajstić information content (AvgIpc) is 2.85. The highest BCUT2D eigenvalue weighted by atomic mass is 16.1. The Morgan fingerprint density at radius 2 is 2.50 bits per heavy atom. The fourth-order valence-corrected chi connectivity index (χ4v) is 2.31. The van der Waals surface area contributed by atoms with E-state index in [-0.39, 0.29) is 6.04 Å². The predicted molar refractivity (Wildman–Crippen MR) is 63.6 cm³/mol. The molecule has 1 aliphatic heterocycles. The molecule has 0 saturated carbocycles. The number of imidazole rings is 1. The van der Waals surface area contributed by atoms with Crippen molar-refractivity contribution in [2.24, 2.45) is 0 Å². The summed E-state index contributed by atoms with van der Waals surface area (Å²) in [6.45, 7) is 4.97. The van der Waals surface area contributed by atoms with Crippen molar-refractivity contribution in [3.8, 4) is 0 Å². The van der Waals surface area contributed by atoms with E-state index in [0.29, 0.717) is 12.2 Å². The van der Waals surface area contributed by atoms with Crippen LogP contribution in [0.25, 0.3) is 0 Å². The Morgan fingerprint density at radius 3 is 3.12 bits per heavy atom. The molecule has 1 unspecified atom stereocenters. The van der Waals surface area contributed by atoms with Crippen molar-refractivity contribution in [1.82, 2.24) is 9.97 Å². The van der Waals surface area contributed by atoms with Crippen LogP contribution in [0.3, 0.4) is 0 Å². The summed E-state index contributed by atoms with van der Waals surface area (Å²) in [5.41, 5.74) is 1.04. The van der Waals surface area contributed by atoms with E-state index in [4.69, 9.17) is 0 Å². The second-order valence-electron chi connectivity index (χ2n) is 4.46. The van der Waals surface area contributed by atoms with Gasteiger partial charge in [0.1, 0.15) is 0 Å².